The number of nitrogens with two attached hydrogens (primary N) is 1. The number of ether oxygens (including phenoxy) is 1. The number of nitrogens with zero attached hydrogens (tertiary/aromatic N) is 2. The summed E-state index contributed by atoms with van der Waals surface area (Å²) in [5, 5.41) is 4.37. The summed E-state index contributed by atoms with van der Waals surface area (Å²) < 4.78 is 4.98. The lowest BCUT2D eigenvalue weighted by atomic mass is 9.93. The van der Waals surface area contributed by atoms with Crippen molar-refractivity contribution in [2.45, 2.75) is 32.3 Å². The topological polar surface area (TPSA) is 85.0 Å². The number of carbonyl (C=O) groups excluding carboxylic acids is 1. The first-order valence-electron chi connectivity index (χ1n) is 4.99. The highest BCUT2D eigenvalue weighted by Gasteiger charge is 2.31. The van der Waals surface area contributed by atoms with Crippen molar-refractivity contribution in [2.24, 2.45) is 16.9 Å². The number of nitroso groups, excluding NO2 is 1. The van der Waals surface area contributed by atoms with E-state index in [0.717, 1.165) is 6.42 Å². The third-order valence-corrected chi connectivity index (χ3v) is 2.54. The highest BCUT2D eigenvalue weighted by atomic mass is 16.6. The molecule has 2 N–H and O–H groups in total. The largest absolute Gasteiger partial charge is 0.444 e. The molecule has 0 aromatic rings. The third-order valence-electron chi connectivity index (χ3n) is 2.54. The fourth-order valence-electron chi connectivity index (χ4n) is 2.06. The number of primary amides is 1. The summed E-state index contributed by atoms with van der Waals surface area (Å²) in [6.07, 6.45) is 0.836. The third kappa shape index (κ3) is 3.73. The van der Waals surface area contributed by atoms with Crippen molar-refractivity contribution in [3.63, 3.8) is 0 Å². The Balaban J connectivity index is 2.41. The van der Waals surface area contributed by atoms with E-state index in [4.69, 9.17) is 10.5 Å². The molecule has 15 heavy (non-hydrogen) atoms. The minimum atomic E-state index is -0.761. The predicted octanol–water partition coefficient (Wildman–Crippen LogP) is 1.25. The van der Waals surface area contributed by atoms with Gasteiger partial charge in [0.1, 0.15) is 5.60 Å². The number of hydrogen-bond donors (Lipinski definition) is 1. The van der Waals surface area contributed by atoms with Crippen LogP contribution in [0.4, 0.5) is 4.79 Å². The summed E-state index contributed by atoms with van der Waals surface area (Å²) in [6.45, 7) is 4.94. The quantitative estimate of drug-likeness (QED) is 0.715. The predicted molar refractivity (Wildman–Crippen MR) is 54.8 cm³/mol. The normalized spacial score (nSPS) is 21.5. The Morgan fingerprint density at radius 1 is 1.67 bits per heavy atom. The molecule has 6 nitrogen and oxygen atoms in total. The van der Waals surface area contributed by atoms with Gasteiger partial charge < -0.3 is 10.5 Å². The van der Waals surface area contributed by atoms with Crippen molar-refractivity contribution in [2.75, 3.05) is 13.1 Å². The molecule has 1 saturated heterocycles. The first-order valence-corrected chi connectivity index (χ1v) is 4.99. The van der Waals surface area contributed by atoms with Gasteiger partial charge in [0.05, 0.1) is 5.29 Å². The molecular weight excluding hydrogens is 198 g/mol. The summed E-state index contributed by atoms with van der Waals surface area (Å²) in [6, 6.07) is 0. The van der Waals surface area contributed by atoms with Crippen LogP contribution in [0.15, 0.2) is 5.29 Å². The van der Waals surface area contributed by atoms with Gasteiger partial charge in [-0.05, 0) is 32.6 Å². The molecule has 1 aliphatic rings. The number of carbonyl (C=O) groups is 1. The lowest BCUT2D eigenvalue weighted by Gasteiger charge is -2.26. The maximum atomic E-state index is 10.6. The zero-order chi connectivity index (χ0) is 11.5. The molecule has 0 bridgehead atoms. The molecule has 1 rings (SSSR count). The number of rotatable bonds is 4. The van der Waals surface area contributed by atoms with Gasteiger partial charge in [0.15, 0.2) is 0 Å². The summed E-state index contributed by atoms with van der Waals surface area (Å²) in [5.74, 6) is 0.331. The van der Waals surface area contributed by atoms with E-state index in [1.54, 1.807) is 0 Å². The molecular formula is C9H17N3O3. The van der Waals surface area contributed by atoms with Gasteiger partial charge in [-0.2, -0.15) is 0 Å². The van der Waals surface area contributed by atoms with Crippen molar-refractivity contribution >= 4 is 6.09 Å². The van der Waals surface area contributed by atoms with Crippen LogP contribution in [0, 0.1) is 10.8 Å². The Bertz CT molecular complexity index is 255. The molecule has 0 aliphatic carbocycles. The Kier molecular flexibility index (Phi) is 3.49. The lowest BCUT2D eigenvalue weighted by Crippen LogP contribution is -2.33. The number of hydrogen-bond acceptors (Lipinski definition) is 4. The summed E-state index contributed by atoms with van der Waals surface area (Å²) in [4.78, 5) is 20.9. The van der Waals surface area contributed by atoms with Gasteiger partial charge in [-0.1, -0.05) is 0 Å². The van der Waals surface area contributed by atoms with Gasteiger partial charge in [0.2, 0.25) is 0 Å². The standard InChI is InChI=1S/C9H17N3O3/c1-9(2,15-8(10)13)5-7-3-4-12(6-7)11-14/h7H,3-6H2,1-2H3,(H2,10,13). The average Bonchev–Trinajstić information content (AvgIpc) is 2.48. The Hall–Kier alpha value is -1.33. The van der Waals surface area contributed by atoms with E-state index >= 15 is 0 Å². The van der Waals surface area contributed by atoms with Crippen molar-refractivity contribution in [3.05, 3.63) is 4.91 Å². The van der Waals surface area contributed by atoms with E-state index in [1.807, 2.05) is 13.8 Å². The molecule has 0 aromatic heterocycles. The Morgan fingerprint density at radius 3 is 2.80 bits per heavy atom. The second-order valence-corrected chi connectivity index (χ2v) is 4.53. The second kappa shape index (κ2) is 4.46. The maximum Gasteiger partial charge on any atom is 0.405 e. The molecule has 1 aliphatic heterocycles. The van der Waals surface area contributed by atoms with Crippen molar-refractivity contribution in [1.82, 2.24) is 5.01 Å². The van der Waals surface area contributed by atoms with E-state index in [2.05, 4.69) is 5.29 Å². The zero-order valence-electron chi connectivity index (χ0n) is 9.10. The van der Waals surface area contributed by atoms with Gasteiger partial charge in [0.25, 0.3) is 0 Å². The molecule has 0 aromatic carbocycles. The maximum absolute atomic E-state index is 10.6. The smallest absolute Gasteiger partial charge is 0.405 e. The molecule has 1 fully saturated rings. The van der Waals surface area contributed by atoms with Gasteiger partial charge in [-0.3, -0.25) is 5.01 Å². The van der Waals surface area contributed by atoms with Gasteiger partial charge in [0, 0.05) is 13.1 Å². The monoisotopic (exact) mass is 215 g/mol. The minimum Gasteiger partial charge on any atom is -0.444 e. The van der Waals surface area contributed by atoms with Crippen LogP contribution in [0.2, 0.25) is 0 Å². The first-order chi connectivity index (χ1) is 6.93. The van der Waals surface area contributed by atoms with Crippen LogP contribution >= 0.6 is 0 Å². The molecule has 6 heteroatoms. The van der Waals surface area contributed by atoms with E-state index in [0.29, 0.717) is 25.4 Å². The van der Waals surface area contributed by atoms with E-state index < -0.39 is 11.7 Å². The van der Waals surface area contributed by atoms with Crippen molar-refractivity contribution in [3.8, 4) is 0 Å². The van der Waals surface area contributed by atoms with Crippen LogP contribution in [0.5, 0.6) is 0 Å². The highest BCUT2D eigenvalue weighted by molar-refractivity contribution is 5.65. The summed E-state index contributed by atoms with van der Waals surface area (Å²) >= 11 is 0. The molecule has 0 spiro atoms. The molecule has 1 heterocycles. The average molecular weight is 215 g/mol. The van der Waals surface area contributed by atoms with Gasteiger partial charge >= 0.3 is 6.09 Å². The van der Waals surface area contributed by atoms with E-state index in [-0.39, 0.29) is 0 Å². The van der Waals surface area contributed by atoms with Crippen LogP contribution in [0.3, 0.4) is 0 Å². The highest BCUT2D eigenvalue weighted by Crippen LogP contribution is 2.27. The van der Waals surface area contributed by atoms with E-state index in [1.165, 1.54) is 5.01 Å². The zero-order valence-corrected chi connectivity index (χ0v) is 9.10. The van der Waals surface area contributed by atoms with Crippen LogP contribution in [0.1, 0.15) is 26.7 Å². The van der Waals surface area contributed by atoms with Gasteiger partial charge in [-0.15, -0.1) is 4.91 Å². The summed E-state index contributed by atoms with van der Waals surface area (Å²) in [5.41, 5.74) is 4.39. The summed E-state index contributed by atoms with van der Waals surface area (Å²) in [7, 11) is 0. The van der Waals surface area contributed by atoms with Gasteiger partial charge in [-0.25, -0.2) is 4.79 Å². The lowest BCUT2D eigenvalue weighted by molar-refractivity contribution is 0.0274. The molecule has 1 amide bonds. The Labute approximate surface area is 88.7 Å². The fourth-order valence-corrected chi connectivity index (χ4v) is 2.06. The van der Waals surface area contributed by atoms with Crippen LogP contribution in [-0.2, 0) is 4.74 Å². The van der Waals surface area contributed by atoms with Crippen LogP contribution in [-0.4, -0.2) is 29.8 Å². The fraction of sp³-hybridized carbons (Fsp3) is 0.889. The molecule has 1 atom stereocenters. The molecule has 1 unspecified atom stereocenters. The molecule has 0 saturated carbocycles. The number of amides is 1. The van der Waals surface area contributed by atoms with Crippen molar-refractivity contribution < 1.29 is 9.53 Å². The van der Waals surface area contributed by atoms with Crippen molar-refractivity contribution in [1.29, 1.82) is 0 Å². The van der Waals surface area contributed by atoms with Crippen LogP contribution in [0.25, 0.3) is 0 Å². The van der Waals surface area contributed by atoms with E-state index in [9.17, 15) is 9.70 Å². The SMILES string of the molecule is CC(C)(CC1CCN(N=O)C1)OC(N)=O. The molecule has 86 valence electrons. The Morgan fingerprint density at radius 2 is 2.33 bits per heavy atom. The minimum absolute atomic E-state index is 0.331. The second-order valence-electron chi connectivity index (χ2n) is 4.53. The van der Waals surface area contributed by atoms with Crippen LogP contribution < -0.4 is 5.73 Å². The molecule has 0 radical (unpaired) electrons. The first kappa shape index (κ1) is 11.7.